The summed E-state index contributed by atoms with van der Waals surface area (Å²) in [5.41, 5.74) is 0. The molecule has 3 atom stereocenters. The zero-order chi connectivity index (χ0) is 12.8. The quantitative estimate of drug-likeness (QED) is 0.505. The summed E-state index contributed by atoms with van der Waals surface area (Å²) in [7, 11) is 0. The van der Waals surface area contributed by atoms with Crippen molar-refractivity contribution in [3.63, 3.8) is 0 Å². The van der Waals surface area contributed by atoms with E-state index in [2.05, 4.69) is 18.2 Å². The van der Waals surface area contributed by atoms with E-state index < -0.39 is 6.10 Å². The minimum atomic E-state index is -0.484. The molecule has 1 aliphatic rings. The van der Waals surface area contributed by atoms with Crippen molar-refractivity contribution in [3.8, 4) is 0 Å². The first-order valence-electron chi connectivity index (χ1n) is 6.10. The second-order valence-corrected chi connectivity index (χ2v) is 5.39. The van der Waals surface area contributed by atoms with Crippen molar-refractivity contribution in [1.29, 1.82) is 0 Å². The molecule has 18 heavy (non-hydrogen) atoms. The SMILES string of the molecule is CC(O)[C@H]1C[C@@H](/C=C/CSc2ccccc2)OO1. The average Bonchev–Trinajstić information content (AvgIpc) is 2.85. The summed E-state index contributed by atoms with van der Waals surface area (Å²) < 4.78 is 0. The van der Waals surface area contributed by atoms with E-state index in [0.29, 0.717) is 6.42 Å². The summed E-state index contributed by atoms with van der Waals surface area (Å²) >= 11 is 1.78. The average molecular weight is 266 g/mol. The molecule has 0 saturated carbocycles. The second-order valence-electron chi connectivity index (χ2n) is 4.30. The molecule has 98 valence electrons. The Labute approximate surface area is 112 Å². The molecule has 1 fully saturated rings. The Morgan fingerprint density at radius 1 is 1.39 bits per heavy atom. The molecular formula is C14H18O3S. The van der Waals surface area contributed by atoms with Crippen molar-refractivity contribution in [2.24, 2.45) is 0 Å². The van der Waals surface area contributed by atoms with Crippen molar-refractivity contribution in [2.75, 3.05) is 5.75 Å². The number of aliphatic hydroxyl groups is 1. The summed E-state index contributed by atoms with van der Waals surface area (Å²) in [6.07, 6.45) is 4.06. The number of benzene rings is 1. The molecule has 0 aliphatic carbocycles. The predicted molar refractivity (Wildman–Crippen MR) is 72.3 cm³/mol. The number of hydrogen-bond donors (Lipinski definition) is 1. The van der Waals surface area contributed by atoms with E-state index in [1.807, 2.05) is 24.3 Å². The van der Waals surface area contributed by atoms with E-state index in [0.717, 1.165) is 5.75 Å². The molecule has 1 aliphatic heterocycles. The molecule has 1 N–H and O–H groups in total. The van der Waals surface area contributed by atoms with Crippen LogP contribution in [0.25, 0.3) is 0 Å². The van der Waals surface area contributed by atoms with E-state index in [9.17, 15) is 5.11 Å². The van der Waals surface area contributed by atoms with Crippen LogP contribution in [0.5, 0.6) is 0 Å². The molecule has 0 amide bonds. The minimum absolute atomic E-state index is 0.0408. The lowest BCUT2D eigenvalue weighted by molar-refractivity contribution is -0.299. The van der Waals surface area contributed by atoms with Gasteiger partial charge in [0.25, 0.3) is 0 Å². The Morgan fingerprint density at radius 2 is 2.17 bits per heavy atom. The van der Waals surface area contributed by atoms with Crippen LogP contribution in [-0.4, -0.2) is 29.2 Å². The molecule has 1 saturated heterocycles. The van der Waals surface area contributed by atoms with E-state index in [-0.39, 0.29) is 12.2 Å². The third-order valence-electron chi connectivity index (χ3n) is 2.75. The molecule has 4 heteroatoms. The van der Waals surface area contributed by atoms with Gasteiger partial charge in [0, 0.05) is 17.1 Å². The van der Waals surface area contributed by atoms with Crippen LogP contribution < -0.4 is 0 Å². The maximum Gasteiger partial charge on any atom is 0.121 e. The highest BCUT2D eigenvalue weighted by molar-refractivity contribution is 7.99. The topological polar surface area (TPSA) is 38.7 Å². The molecule has 0 spiro atoms. The van der Waals surface area contributed by atoms with Gasteiger partial charge in [0.1, 0.15) is 12.2 Å². The number of thioether (sulfide) groups is 1. The molecule has 3 nitrogen and oxygen atoms in total. The van der Waals surface area contributed by atoms with Crippen LogP contribution in [-0.2, 0) is 9.78 Å². The molecule has 0 bridgehead atoms. The van der Waals surface area contributed by atoms with Crippen LogP contribution in [0.4, 0.5) is 0 Å². The van der Waals surface area contributed by atoms with E-state index >= 15 is 0 Å². The summed E-state index contributed by atoms with van der Waals surface area (Å²) in [6, 6.07) is 10.3. The Kier molecular flexibility index (Phi) is 5.26. The Hall–Kier alpha value is -0.810. The van der Waals surface area contributed by atoms with E-state index in [1.165, 1.54) is 4.90 Å². The number of aliphatic hydroxyl groups excluding tert-OH is 1. The molecule has 1 aromatic rings. The van der Waals surface area contributed by atoms with Crippen LogP contribution in [0.15, 0.2) is 47.4 Å². The summed E-state index contributed by atoms with van der Waals surface area (Å²) in [5, 5.41) is 9.36. The van der Waals surface area contributed by atoms with Gasteiger partial charge >= 0.3 is 0 Å². The molecular weight excluding hydrogens is 248 g/mol. The van der Waals surface area contributed by atoms with Gasteiger partial charge in [-0.1, -0.05) is 30.4 Å². The summed E-state index contributed by atoms with van der Waals surface area (Å²) in [6.45, 7) is 1.71. The lowest BCUT2D eigenvalue weighted by atomic mass is 10.1. The molecule has 1 heterocycles. The molecule has 1 unspecified atom stereocenters. The van der Waals surface area contributed by atoms with Crippen molar-refractivity contribution >= 4 is 11.8 Å². The maximum absolute atomic E-state index is 9.36. The predicted octanol–water partition coefficient (Wildman–Crippen LogP) is 2.80. The zero-order valence-corrected chi connectivity index (χ0v) is 11.2. The fraction of sp³-hybridized carbons (Fsp3) is 0.429. The maximum atomic E-state index is 9.36. The Balaban J connectivity index is 1.70. The fourth-order valence-electron chi connectivity index (χ4n) is 1.71. The largest absolute Gasteiger partial charge is 0.391 e. The third-order valence-corrected chi connectivity index (χ3v) is 3.71. The van der Waals surface area contributed by atoms with Gasteiger partial charge in [0.15, 0.2) is 0 Å². The van der Waals surface area contributed by atoms with Crippen molar-refractivity contribution in [2.45, 2.75) is 36.6 Å². The lowest BCUT2D eigenvalue weighted by Gasteiger charge is -2.07. The van der Waals surface area contributed by atoms with Gasteiger partial charge in [0.2, 0.25) is 0 Å². The van der Waals surface area contributed by atoms with Crippen LogP contribution in [0.1, 0.15) is 13.3 Å². The van der Waals surface area contributed by atoms with Crippen molar-refractivity contribution in [1.82, 2.24) is 0 Å². The van der Waals surface area contributed by atoms with Gasteiger partial charge in [-0.15, -0.1) is 11.8 Å². The number of rotatable bonds is 5. The van der Waals surface area contributed by atoms with Gasteiger partial charge in [-0.2, -0.15) is 0 Å². The van der Waals surface area contributed by atoms with Gasteiger partial charge in [-0.05, 0) is 19.1 Å². The molecule has 0 radical (unpaired) electrons. The van der Waals surface area contributed by atoms with Crippen LogP contribution in [0, 0.1) is 0 Å². The van der Waals surface area contributed by atoms with Crippen LogP contribution in [0.3, 0.4) is 0 Å². The minimum Gasteiger partial charge on any atom is -0.391 e. The smallest absolute Gasteiger partial charge is 0.121 e. The van der Waals surface area contributed by atoms with E-state index in [4.69, 9.17) is 9.78 Å². The van der Waals surface area contributed by atoms with E-state index in [1.54, 1.807) is 18.7 Å². The standard InChI is InChI=1S/C14H18O3S/c1-11(15)14-10-12(16-17-14)6-5-9-18-13-7-3-2-4-8-13/h2-8,11-12,14-15H,9-10H2,1H3/b6-5+/t11?,12-,14-/m1/s1. The highest BCUT2D eigenvalue weighted by Crippen LogP contribution is 2.21. The number of hydrogen-bond acceptors (Lipinski definition) is 4. The first kappa shape index (κ1) is 13.6. The second kappa shape index (κ2) is 6.95. The van der Waals surface area contributed by atoms with Gasteiger partial charge in [-0.3, -0.25) is 0 Å². The van der Waals surface area contributed by atoms with Crippen LogP contribution >= 0.6 is 11.8 Å². The normalized spacial score (nSPS) is 25.7. The first-order valence-corrected chi connectivity index (χ1v) is 7.09. The Morgan fingerprint density at radius 3 is 2.83 bits per heavy atom. The van der Waals surface area contributed by atoms with Crippen LogP contribution in [0.2, 0.25) is 0 Å². The Bertz CT molecular complexity index is 378. The fourth-order valence-corrected chi connectivity index (χ4v) is 2.46. The first-order chi connectivity index (χ1) is 8.75. The van der Waals surface area contributed by atoms with Gasteiger partial charge in [0.05, 0.1) is 6.10 Å². The highest BCUT2D eigenvalue weighted by Gasteiger charge is 2.28. The molecule has 1 aromatic carbocycles. The monoisotopic (exact) mass is 266 g/mol. The van der Waals surface area contributed by atoms with Gasteiger partial charge in [-0.25, -0.2) is 9.78 Å². The van der Waals surface area contributed by atoms with Gasteiger partial charge < -0.3 is 5.11 Å². The molecule has 0 aromatic heterocycles. The van der Waals surface area contributed by atoms with Crippen molar-refractivity contribution < 1.29 is 14.9 Å². The summed E-state index contributed by atoms with van der Waals surface area (Å²) in [5.74, 6) is 0.906. The highest BCUT2D eigenvalue weighted by atomic mass is 32.2. The third kappa shape index (κ3) is 4.14. The molecule has 2 rings (SSSR count). The lowest BCUT2D eigenvalue weighted by Crippen LogP contribution is -2.21. The zero-order valence-electron chi connectivity index (χ0n) is 10.4. The summed E-state index contributed by atoms with van der Waals surface area (Å²) in [4.78, 5) is 11.4. The van der Waals surface area contributed by atoms with Crippen molar-refractivity contribution in [3.05, 3.63) is 42.5 Å².